The Morgan fingerprint density at radius 2 is 0.981 bits per heavy atom. The van der Waals surface area contributed by atoms with Gasteiger partial charge < -0.3 is 45.2 Å². The number of pyridine rings is 4. The lowest BCUT2D eigenvalue weighted by atomic mass is 10.2. The smallest absolute Gasteiger partial charge is 0.418 e. The molecular formula is C34H26B2F8N8. The maximum absolute atomic E-state index is 9.75. The van der Waals surface area contributed by atoms with Crippen LogP contribution in [0.5, 0.6) is 0 Å². The number of anilines is 2. The standard InChI is InChI=1S/C34H26N8.2BF4/c1-3-15-31-25(9-1)11-7-19-41(31)27-21-37-29-13-5-17-35-33(29)39-23-28(24-40-34-30(38-22-27)14-6-18-36-34)42-20-8-12-26-10-2-4-16-32(26)42;2*2-1(3,4)5/h1-24,37H,(H,36,40);;/q+2;2*-1/b27-21+,28-24+,38-22?,39-23+;;. The van der Waals surface area contributed by atoms with Gasteiger partial charge in [-0.2, -0.15) is 9.13 Å². The number of nitrogens with zero attached hydrogens (tertiary/aromatic N) is 6. The number of aromatic nitrogens is 4. The molecule has 0 fully saturated rings. The van der Waals surface area contributed by atoms with Crippen LogP contribution in [-0.4, -0.2) is 36.9 Å². The Morgan fingerprint density at radius 1 is 0.500 bits per heavy atom. The van der Waals surface area contributed by atoms with E-state index in [0.717, 1.165) is 38.9 Å². The minimum Gasteiger partial charge on any atom is -0.418 e. The predicted molar refractivity (Wildman–Crippen MR) is 189 cm³/mol. The molecule has 0 amide bonds. The molecule has 0 unspecified atom stereocenters. The minimum absolute atomic E-state index is 0.551. The fourth-order valence-electron chi connectivity index (χ4n) is 4.89. The molecule has 0 saturated carbocycles. The quantitative estimate of drug-likeness (QED) is 0.106. The van der Waals surface area contributed by atoms with Crippen molar-refractivity contribution >= 4 is 83.1 Å². The first-order chi connectivity index (χ1) is 24.8. The summed E-state index contributed by atoms with van der Waals surface area (Å²) < 4.78 is 82.2. The lowest BCUT2D eigenvalue weighted by Gasteiger charge is -2.08. The molecule has 5 heterocycles. The van der Waals surface area contributed by atoms with Crippen LogP contribution >= 0.6 is 0 Å². The first-order valence-electron chi connectivity index (χ1n) is 15.3. The Morgan fingerprint density at radius 3 is 1.58 bits per heavy atom. The number of rotatable bonds is 2. The van der Waals surface area contributed by atoms with Crippen molar-refractivity contribution < 1.29 is 43.7 Å². The second-order valence-corrected chi connectivity index (χ2v) is 10.6. The van der Waals surface area contributed by atoms with Gasteiger partial charge in [0, 0.05) is 47.4 Å². The van der Waals surface area contributed by atoms with Crippen LogP contribution in [-0.2, 0) is 0 Å². The van der Waals surface area contributed by atoms with Crippen molar-refractivity contribution in [2.24, 2.45) is 9.98 Å². The van der Waals surface area contributed by atoms with Crippen molar-refractivity contribution in [3.05, 3.63) is 134 Å². The van der Waals surface area contributed by atoms with E-state index in [2.05, 4.69) is 66.1 Å². The molecule has 52 heavy (non-hydrogen) atoms. The van der Waals surface area contributed by atoms with E-state index < -0.39 is 14.5 Å². The van der Waals surface area contributed by atoms with Crippen LogP contribution in [0.25, 0.3) is 33.2 Å². The molecule has 0 aliphatic carbocycles. The Balaban J connectivity index is 0.000000464. The van der Waals surface area contributed by atoms with Crippen molar-refractivity contribution in [1.29, 1.82) is 0 Å². The summed E-state index contributed by atoms with van der Waals surface area (Å²) in [7, 11) is -12.0. The fourth-order valence-corrected chi connectivity index (χ4v) is 4.89. The average Bonchev–Trinajstić information content (AvgIpc) is 3.11. The molecule has 2 N–H and O–H groups in total. The first-order valence-corrected chi connectivity index (χ1v) is 15.3. The zero-order valence-corrected chi connectivity index (χ0v) is 26.7. The molecule has 4 aromatic heterocycles. The van der Waals surface area contributed by atoms with Crippen LogP contribution < -0.4 is 19.8 Å². The number of hydrogen-bond donors (Lipinski definition) is 2. The largest absolute Gasteiger partial charge is 0.673 e. The van der Waals surface area contributed by atoms with Gasteiger partial charge in [-0.25, -0.2) is 20.0 Å². The van der Waals surface area contributed by atoms with Gasteiger partial charge in [-0.05, 0) is 48.5 Å². The summed E-state index contributed by atoms with van der Waals surface area (Å²) in [6, 6.07) is 32.3. The highest BCUT2D eigenvalue weighted by molar-refractivity contribution is 6.50. The third-order valence-electron chi connectivity index (χ3n) is 6.93. The summed E-state index contributed by atoms with van der Waals surface area (Å²) in [5.74, 6) is 1.17. The van der Waals surface area contributed by atoms with Gasteiger partial charge in [-0.15, -0.1) is 0 Å². The number of halogens is 8. The van der Waals surface area contributed by atoms with Crippen LogP contribution in [0.1, 0.15) is 0 Å². The van der Waals surface area contributed by atoms with Gasteiger partial charge in [-0.1, -0.05) is 24.3 Å². The van der Waals surface area contributed by atoms with Crippen molar-refractivity contribution in [3.63, 3.8) is 0 Å². The molecule has 8 nitrogen and oxygen atoms in total. The average molecular weight is 720 g/mol. The Bertz CT molecular complexity index is 2110. The van der Waals surface area contributed by atoms with Crippen LogP contribution in [0.2, 0.25) is 0 Å². The van der Waals surface area contributed by atoms with E-state index in [4.69, 9.17) is 9.98 Å². The molecule has 1 aliphatic heterocycles. The third-order valence-corrected chi connectivity index (χ3v) is 6.93. The number of aliphatic imine (C=N–C) groups is 2. The molecule has 0 radical (unpaired) electrons. The van der Waals surface area contributed by atoms with Gasteiger partial charge in [0.2, 0.25) is 22.4 Å². The zero-order chi connectivity index (χ0) is 37.1. The SMILES string of the molecule is C1=Nc2cccnc2N/C=C([n+]2cccc3ccccc32)\C=N\c2ncccc2N/C=C\1[n+]1cccc2ccccc21.F[B-](F)(F)F.F[B-](F)(F)F. The molecule has 6 aromatic rings. The number of nitrogens with one attached hydrogen (secondary N) is 2. The van der Waals surface area contributed by atoms with Crippen molar-refractivity contribution in [1.82, 2.24) is 9.97 Å². The lowest BCUT2D eigenvalue weighted by Crippen LogP contribution is -2.34. The zero-order valence-electron chi connectivity index (χ0n) is 26.7. The number of para-hydroxylation sites is 2. The van der Waals surface area contributed by atoms with E-state index in [0.29, 0.717) is 17.3 Å². The molecular weight excluding hydrogens is 694 g/mol. The third kappa shape index (κ3) is 10.8. The molecule has 0 bridgehead atoms. The van der Waals surface area contributed by atoms with Gasteiger partial charge in [-0.3, -0.25) is 0 Å². The maximum Gasteiger partial charge on any atom is 0.673 e. The summed E-state index contributed by atoms with van der Waals surface area (Å²) in [4.78, 5) is 18.9. The Hall–Kier alpha value is -6.45. The van der Waals surface area contributed by atoms with Crippen LogP contribution in [0.4, 0.5) is 57.5 Å². The van der Waals surface area contributed by atoms with Crippen LogP contribution in [0, 0.1) is 0 Å². The summed E-state index contributed by atoms with van der Waals surface area (Å²) in [5, 5.41) is 9.04. The van der Waals surface area contributed by atoms with E-state index in [9.17, 15) is 34.5 Å². The van der Waals surface area contributed by atoms with Gasteiger partial charge in [0.1, 0.15) is 18.1 Å². The van der Waals surface area contributed by atoms with Crippen molar-refractivity contribution in [3.8, 4) is 0 Å². The van der Waals surface area contributed by atoms with Crippen molar-refractivity contribution in [2.75, 3.05) is 10.6 Å². The number of hydrogen-bond acceptors (Lipinski definition) is 6. The molecule has 0 saturated heterocycles. The van der Waals surface area contributed by atoms with Crippen LogP contribution in [0.15, 0.2) is 144 Å². The summed E-state index contributed by atoms with van der Waals surface area (Å²) in [6.45, 7) is 0. The molecule has 7 rings (SSSR count). The van der Waals surface area contributed by atoms with Crippen LogP contribution in [0.3, 0.4) is 0 Å². The molecule has 264 valence electrons. The highest BCUT2D eigenvalue weighted by Gasteiger charge is 2.21. The first kappa shape index (κ1) is 36.8. The van der Waals surface area contributed by atoms with E-state index >= 15 is 0 Å². The molecule has 18 heteroatoms. The topological polar surface area (TPSA) is 82.3 Å². The van der Waals surface area contributed by atoms with E-state index in [1.165, 1.54) is 0 Å². The van der Waals surface area contributed by atoms with E-state index in [1.807, 2.05) is 91.7 Å². The fraction of sp³-hybridized carbons (Fsp3) is 0. The number of benzene rings is 2. The Labute approximate surface area is 291 Å². The Kier molecular flexibility index (Phi) is 11.7. The number of allylic oxidation sites excluding steroid dienone is 2. The van der Waals surface area contributed by atoms with Gasteiger partial charge >= 0.3 is 14.5 Å². The highest BCUT2D eigenvalue weighted by atomic mass is 19.5. The predicted octanol–water partition coefficient (Wildman–Crippen LogP) is 8.90. The maximum atomic E-state index is 9.75. The highest BCUT2D eigenvalue weighted by Crippen LogP contribution is 2.25. The summed E-state index contributed by atoms with van der Waals surface area (Å²) in [6.07, 6.45) is 14.9. The molecule has 1 aliphatic rings. The van der Waals surface area contributed by atoms with E-state index in [1.54, 1.807) is 18.6 Å². The lowest BCUT2D eigenvalue weighted by molar-refractivity contribution is -0.546. The normalized spacial score (nSPS) is 15.6. The number of fused-ring (bicyclic) bond motifs is 4. The minimum atomic E-state index is -6.00. The monoisotopic (exact) mass is 720 g/mol. The van der Waals surface area contributed by atoms with Crippen molar-refractivity contribution in [2.45, 2.75) is 0 Å². The van der Waals surface area contributed by atoms with Gasteiger partial charge in [0.05, 0.1) is 18.1 Å². The van der Waals surface area contributed by atoms with Gasteiger partial charge in [0.15, 0.2) is 24.0 Å². The second kappa shape index (κ2) is 16.5. The second-order valence-electron chi connectivity index (χ2n) is 10.6. The van der Waals surface area contributed by atoms with Gasteiger partial charge in [0.25, 0.3) is 0 Å². The van der Waals surface area contributed by atoms with E-state index in [-0.39, 0.29) is 0 Å². The molecule has 0 spiro atoms. The summed E-state index contributed by atoms with van der Waals surface area (Å²) in [5.41, 5.74) is 5.16. The molecule has 2 aromatic carbocycles. The molecule has 0 atom stereocenters. The summed E-state index contributed by atoms with van der Waals surface area (Å²) >= 11 is 0.